The highest BCUT2D eigenvalue weighted by atomic mass is 32.2. The van der Waals surface area contributed by atoms with Crippen LogP contribution in [0.3, 0.4) is 0 Å². The Morgan fingerprint density at radius 2 is 1.95 bits per heavy atom. The molecule has 0 radical (unpaired) electrons. The van der Waals surface area contributed by atoms with Gasteiger partial charge in [0.05, 0.1) is 6.07 Å². The monoisotopic (exact) mass is 302 g/mol. The van der Waals surface area contributed by atoms with E-state index >= 15 is 0 Å². The third kappa shape index (κ3) is 4.49. The normalized spacial score (nSPS) is 17.2. The van der Waals surface area contributed by atoms with Crippen LogP contribution in [-0.4, -0.2) is 17.8 Å². The van der Waals surface area contributed by atoms with E-state index in [0.717, 1.165) is 24.5 Å². The maximum atomic E-state index is 9.67. The summed E-state index contributed by atoms with van der Waals surface area (Å²) >= 11 is 1.89. The molecule has 1 saturated carbocycles. The molecular formula is C18H26N2S. The molecule has 114 valence electrons. The van der Waals surface area contributed by atoms with Gasteiger partial charge in [0.1, 0.15) is 5.54 Å². The molecule has 21 heavy (non-hydrogen) atoms. The minimum absolute atomic E-state index is 0.306. The van der Waals surface area contributed by atoms with Crippen LogP contribution < -0.4 is 5.32 Å². The average Bonchev–Trinajstić information content (AvgIpc) is 3.27. The summed E-state index contributed by atoms with van der Waals surface area (Å²) in [5.41, 5.74) is 3.71. The summed E-state index contributed by atoms with van der Waals surface area (Å²) in [7, 11) is 0. The van der Waals surface area contributed by atoms with Crippen molar-refractivity contribution < 1.29 is 0 Å². The number of aryl methyl sites for hydroxylation is 2. The van der Waals surface area contributed by atoms with Gasteiger partial charge in [-0.05, 0) is 51.1 Å². The summed E-state index contributed by atoms with van der Waals surface area (Å²) in [6.07, 6.45) is 3.49. The SMILES string of the molecule is CCCNC(C#N)(CSCc1cc(C)cc(C)c1)C1CC1. The molecule has 0 saturated heterocycles. The summed E-state index contributed by atoms with van der Waals surface area (Å²) < 4.78 is 0. The van der Waals surface area contributed by atoms with Crippen molar-refractivity contribution in [1.82, 2.24) is 5.32 Å². The minimum atomic E-state index is -0.306. The van der Waals surface area contributed by atoms with Crippen LogP contribution in [0.15, 0.2) is 18.2 Å². The first-order valence-electron chi connectivity index (χ1n) is 7.91. The van der Waals surface area contributed by atoms with E-state index in [-0.39, 0.29) is 5.54 Å². The predicted molar refractivity (Wildman–Crippen MR) is 91.4 cm³/mol. The van der Waals surface area contributed by atoms with Crippen molar-refractivity contribution in [3.05, 3.63) is 34.9 Å². The van der Waals surface area contributed by atoms with Gasteiger partial charge in [-0.1, -0.05) is 36.2 Å². The highest BCUT2D eigenvalue weighted by Gasteiger charge is 2.45. The first-order chi connectivity index (χ1) is 10.1. The molecule has 2 rings (SSSR count). The van der Waals surface area contributed by atoms with Crippen molar-refractivity contribution in [2.24, 2.45) is 5.92 Å². The molecule has 1 aliphatic carbocycles. The quantitative estimate of drug-likeness (QED) is 0.781. The van der Waals surface area contributed by atoms with Crippen molar-refractivity contribution in [2.45, 2.75) is 51.3 Å². The van der Waals surface area contributed by atoms with Crippen LogP contribution >= 0.6 is 11.8 Å². The lowest BCUT2D eigenvalue weighted by atomic mass is 9.97. The Morgan fingerprint density at radius 3 is 2.48 bits per heavy atom. The number of hydrogen-bond donors (Lipinski definition) is 1. The smallest absolute Gasteiger partial charge is 0.118 e. The van der Waals surface area contributed by atoms with E-state index in [1.807, 2.05) is 11.8 Å². The Labute approximate surface area is 133 Å². The van der Waals surface area contributed by atoms with Gasteiger partial charge in [-0.25, -0.2) is 0 Å². The highest BCUT2D eigenvalue weighted by Crippen LogP contribution is 2.41. The van der Waals surface area contributed by atoms with E-state index in [0.29, 0.717) is 5.92 Å². The zero-order chi connectivity index (χ0) is 15.3. The lowest BCUT2D eigenvalue weighted by molar-refractivity contribution is 0.405. The van der Waals surface area contributed by atoms with E-state index in [1.54, 1.807) is 0 Å². The third-order valence-electron chi connectivity index (χ3n) is 4.04. The zero-order valence-electron chi connectivity index (χ0n) is 13.4. The number of rotatable bonds is 8. The van der Waals surface area contributed by atoms with Crippen molar-refractivity contribution in [2.75, 3.05) is 12.3 Å². The van der Waals surface area contributed by atoms with Gasteiger partial charge < -0.3 is 0 Å². The number of nitrogens with zero attached hydrogens (tertiary/aromatic N) is 1. The second kappa shape index (κ2) is 7.33. The van der Waals surface area contributed by atoms with Gasteiger partial charge >= 0.3 is 0 Å². The fourth-order valence-electron chi connectivity index (χ4n) is 2.88. The number of benzene rings is 1. The Balaban J connectivity index is 1.94. The molecule has 1 aliphatic rings. The standard InChI is InChI=1S/C18H26N2S/c1-4-7-20-18(12-19,17-5-6-17)13-21-11-16-9-14(2)8-15(3)10-16/h8-10,17,20H,4-7,11,13H2,1-3H3. The lowest BCUT2D eigenvalue weighted by Crippen LogP contribution is -2.48. The Kier molecular flexibility index (Phi) is 5.72. The number of nitrogens with one attached hydrogen (secondary N) is 1. The van der Waals surface area contributed by atoms with E-state index in [9.17, 15) is 5.26 Å². The molecule has 1 N–H and O–H groups in total. The van der Waals surface area contributed by atoms with Crippen LogP contribution in [0.1, 0.15) is 42.9 Å². The van der Waals surface area contributed by atoms with E-state index in [1.165, 1.54) is 29.5 Å². The van der Waals surface area contributed by atoms with Crippen LogP contribution in [0.5, 0.6) is 0 Å². The molecule has 0 bridgehead atoms. The molecule has 0 aliphatic heterocycles. The number of nitriles is 1. The largest absolute Gasteiger partial charge is 0.298 e. The van der Waals surface area contributed by atoms with Crippen molar-refractivity contribution in [1.29, 1.82) is 5.26 Å². The number of hydrogen-bond acceptors (Lipinski definition) is 3. The fourth-order valence-corrected chi connectivity index (χ4v) is 4.11. The molecule has 0 heterocycles. The van der Waals surface area contributed by atoms with Crippen molar-refractivity contribution >= 4 is 11.8 Å². The van der Waals surface area contributed by atoms with Crippen LogP contribution in [0.4, 0.5) is 0 Å². The summed E-state index contributed by atoms with van der Waals surface area (Å²) in [5.74, 6) is 2.44. The summed E-state index contributed by atoms with van der Waals surface area (Å²) in [6.45, 7) is 7.39. The van der Waals surface area contributed by atoms with Gasteiger partial charge in [-0.3, -0.25) is 5.32 Å². The fraction of sp³-hybridized carbons (Fsp3) is 0.611. The molecule has 2 nitrogen and oxygen atoms in total. The van der Waals surface area contributed by atoms with Crippen molar-refractivity contribution in [3.8, 4) is 6.07 Å². The molecule has 1 aromatic carbocycles. The maximum absolute atomic E-state index is 9.67. The van der Waals surface area contributed by atoms with Crippen LogP contribution in [0.2, 0.25) is 0 Å². The molecule has 1 fully saturated rings. The van der Waals surface area contributed by atoms with Crippen LogP contribution in [0.25, 0.3) is 0 Å². The molecule has 0 aromatic heterocycles. The molecule has 0 spiro atoms. The Morgan fingerprint density at radius 1 is 1.29 bits per heavy atom. The van der Waals surface area contributed by atoms with Gasteiger partial charge in [-0.15, -0.1) is 0 Å². The van der Waals surface area contributed by atoms with Gasteiger partial charge in [0.2, 0.25) is 0 Å². The first-order valence-corrected chi connectivity index (χ1v) is 9.06. The summed E-state index contributed by atoms with van der Waals surface area (Å²) in [5, 5.41) is 13.2. The van der Waals surface area contributed by atoms with Crippen LogP contribution in [0, 0.1) is 31.1 Å². The molecule has 0 amide bonds. The lowest BCUT2D eigenvalue weighted by Gasteiger charge is -2.27. The topological polar surface area (TPSA) is 35.8 Å². The molecule has 1 unspecified atom stereocenters. The zero-order valence-corrected chi connectivity index (χ0v) is 14.2. The van der Waals surface area contributed by atoms with Gasteiger partial charge in [0.25, 0.3) is 0 Å². The first kappa shape index (κ1) is 16.4. The van der Waals surface area contributed by atoms with Gasteiger partial charge in [0, 0.05) is 11.5 Å². The number of thioether (sulfide) groups is 1. The third-order valence-corrected chi connectivity index (χ3v) is 5.24. The van der Waals surface area contributed by atoms with E-state index in [2.05, 4.69) is 50.4 Å². The molecule has 3 heteroatoms. The average molecular weight is 302 g/mol. The van der Waals surface area contributed by atoms with Crippen LogP contribution in [-0.2, 0) is 5.75 Å². The summed E-state index contributed by atoms with van der Waals surface area (Å²) in [6, 6.07) is 9.31. The molecular weight excluding hydrogens is 276 g/mol. The van der Waals surface area contributed by atoms with E-state index in [4.69, 9.17) is 0 Å². The summed E-state index contributed by atoms with van der Waals surface area (Å²) in [4.78, 5) is 0. The second-order valence-corrected chi connectivity index (χ2v) is 7.26. The second-order valence-electron chi connectivity index (χ2n) is 6.27. The van der Waals surface area contributed by atoms with Gasteiger partial charge in [0.15, 0.2) is 0 Å². The Bertz CT molecular complexity index is 496. The Hall–Kier alpha value is -0.980. The van der Waals surface area contributed by atoms with Gasteiger partial charge in [-0.2, -0.15) is 17.0 Å². The molecule has 1 aromatic rings. The minimum Gasteiger partial charge on any atom is -0.298 e. The maximum Gasteiger partial charge on any atom is 0.118 e. The highest BCUT2D eigenvalue weighted by molar-refractivity contribution is 7.98. The van der Waals surface area contributed by atoms with E-state index < -0.39 is 0 Å². The molecule has 1 atom stereocenters. The van der Waals surface area contributed by atoms with Crippen molar-refractivity contribution in [3.63, 3.8) is 0 Å². The predicted octanol–water partition coefficient (Wildman–Crippen LogP) is 4.21.